The van der Waals surface area contributed by atoms with E-state index in [2.05, 4.69) is 20.5 Å². The first-order chi connectivity index (χ1) is 11.6. The maximum atomic E-state index is 12.6. The lowest BCUT2D eigenvalue weighted by Crippen LogP contribution is -2.39. The summed E-state index contributed by atoms with van der Waals surface area (Å²) in [4.78, 5) is 18.8. The average Bonchev–Trinajstić information content (AvgIpc) is 3.19. The van der Waals surface area contributed by atoms with Gasteiger partial charge < -0.3 is 15.0 Å². The van der Waals surface area contributed by atoms with Gasteiger partial charge in [0.2, 0.25) is 5.88 Å². The number of likely N-dealkylation sites (tertiary alicyclic amines) is 1. The molecule has 2 N–H and O–H groups in total. The van der Waals surface area contributed by atoms with E-state index in [0.717, 1.165) is 42.0 Å². The number of methoxy groups -OCH3 is 1. The van der Waals surface area contributed by atoms with Gasteiger partial charge in [-0.05, 0) is 32.8 Å². The summed E-state index contributed by atoms with van der Waals surface area (Å²) in [5.41, 5.74) is 3.91. The van der Waals surface area contributed by atoms with Crippen molar-refractivity contribution in [3.05, 3.63) is 40.8 Å². The minimum Gasteiger partial charge on any atom is -0.481 e. The smallest absolute Gasteiger partial charge is 0.318 e. The largest absolute Gasteiger partial charge is 0.481 e. The normalized spacial score (nSPS) is 17.1. The Bertz CT molecular complexity index is 708. The predicted molar refractivity (Wildman–Crippen MR) is 89.8 cm³/mol. The van der Waals surface area contributed by atoms with Crippen molar-refractivity contribution in [3.63, 3.8) is 0 Å². The van der Waals surface area contributed by atoms with Gasteiger partial charge in [0.25, 0.3) is 0 Å². The van der Waals surface area contributed by atoms with Gasteiger partial charge in [0.1, 0.15) is 0 Å². The van der Waals surface area contributed by atoms with Crippen LogP contribution in [-0.2, 0) is 6.54 Å². The number of rotatable bonds is 4. The molecule has 1 aliphatic heterocycles. The van der Waals surface area contributed by atoms with Crippen molar-refractivity contribution in [2.75, 3.05) is 13.7 Å². The Kier molecular flexibility index (Phi) is 4.69. The number of aryl methyl sites for hydroxylation is 2. The highest BCUT2D eigenvalue weighted by Crippen LogP contribution is 2.34. The first kappa shape index (κ1) is 16.3. The Hall–Kier alpha value is -2.57. The Labute approximate surface area is 141 Å². The molecule has 0 unspecified atom stereocenters. The molecule has 2 amide bonds. The summed E-state index contributed by atoms with van der Waals surface area (Å²) in [5, 5.41) is 10.2. The standard InChI is InChI=1S/C17H23N5O2/c1-11-16(12(2)21-20-11)14-7-5-9-22(14)17(23)18-10-13-6-4-8-15(19-13)24-3/h4,6,8,14H,5,7,9-10H2,1-3H3,(H,18,23)(H,20,21)/t14-/m0/s1. The molecule has 0 aromatic carbocycles. The number of urea groups is 1. The van der Waals surface area contributed by atoms with Crippen LogP contribution in [0.3, 0.4) is 0 Å². The highest BCUT2D eigenvalue weighted by atomic mass is 16.5. The van der Waals surface area contributed by atoms with Crippen LogP contribution >= 0.6 is 0 Å². The summed E-state index contributed by atoms with van der Waals surface area (Å²) in [6.45, 7) is 5.12. The van der Waals surface area contributed by atoms with E-state index in [1.54, 1.807) is 13.2 Å². The molecule has 2 aromatic rings. The van der Waals surface area contributed by atoms with E-state index in [9.17, 15) is 4.79 Å². The zero-order valence-corrected chi connectivity index (χ0v) is 14.3. The van der Waals surface area contributed by atoms with Gasteiger partial charge in [-0.1, -0.05) is 6.07 Å². The van der Waals surface area contributed by atoms with Gasteiger partial charge >= 0.3 is 6.03 Å². The van der Waals surface area contributed by atoms with Crippen molar-refractivity contribution in [1.82, 2.24) is 25.4 Å². The fraction of sp³-hybridized carbons (Fsp3) is 0.471. The third kappa shape index (κ3) is 3.20. The molecule has 0 bridgehead atoms. The summed E-state index contributed by atoms with van der Waals surface area (Å²) >= 11 is 0. The molecule has 1 saturated heterocycles. The van der Waals surface area contributed by atoms with Gasteiger partial charge in [-0.2, -0.15) is 5.10 Å². The number of nitrogens with one attached hydrogen (secondary N) is 2. The van der Waals surface area contributed by atoms with Crippen LogP contribution < -0.4 is 10.1 Å². The minimum atomic E-state index is -0.0675. The van der Waals surface area contributed by atoms with E-state index in [0.29, 0.717) is 12.4 Å². The number of aromatic nitrogens is 3. The first-order valence-electron chi connectivity index (χ1n) is 8.16. The molecule has 0 saturated carbocycles. The highest BCUT2D eigenvalue weighted by Gasteiger charge is 2.32. The van der Waals surface area contributed by atoms with Crippen LogP contribution in [0.5, 0.6) is 5.88 Å². The Balaban J connectivity index is 1.68. The predicted octanol–water partition coefficient (Wildman–Crippen LogP) is 2.48. The monoisotopic (exact) mass is 329 g/mol. The van der Waals surface area contributed by atoms with Gasteiger partial charge in [-0.15, -0.1) is 0 Å². The Morgan fingerprint density at radius 3 is 3.00 bits per heavy atom. The lowest BCUT2D eigenvalue weighted by Gasteiger charge is -2.25. The summed E-state index contributed by atoms with van der Waals surface area (Å²) in [6, 6.07) is 5.54. The summed E-state index contributed by atoms with van der Waals surface area (Å²) in [6.07, 6.45) is 1.96. The molecule has 24 heavy (non-hydrogen) atoms. The summed E-state index contributed by atoms with van der Waals surface area (Å²) < 4.78 is 5.11. The van der Waals surface area contributed by atoms with E-state index in [4.69, 9.17) is 4.74 Å². The zero-order valence-electron chi connectivity index (χ0n) is 14.3. The van der Waals surface area contributed by atoms with Crippen molar-refractivity contribution in [2.45, 2.75) is 39.3 Å². The van der Waals surface area contributed by atoms with Crippen LogP contribution in [0.1, 0.15) is 41.5 Å². The van der Waals surface area contributed by atoms with Crippen molar-refractivity contribution < 1.29 is 9.53 Å². The summed E-state index contributed by atoms with van der Waals surface area (Å²) in [7, 11) is 1.58. The molecule has 2 aromatic heterocycles. The quantitative estimate of drug-likeness (QED) is 0.902. The van der Waals surface area contributed by atoms with Gasteiger partial charge in [0, 0.05) is 23.9 Å². The van der Waals surface area contributed by atoms with Crippen LogP contribution in [0.2, 0.25) is 0 Å². The molecule has 3 heterocycles. The zero-order chi connectivity index (χ0) is 17.1. The van der Waals surface area contributed by atoms with Gasteiger partial charge in [0.15, 0.2) is 0 Å². The molecular weight excluding hydrogens is 306 g/mol. The van der Waals surface area contributed by atoms with Gasteiger partial charge in [-0.3, -0.25) is 5.10 Å². The van der Waals surface area contributed by atoms with E-state index in [1.807, 2.05) is 30.9 Å². The van der Waals surface area contributed by atoms with Crippen molar-refractivity contribution in [3.8, 4) is 5.88 Å². The topological polar surface area (TPSA) is 83.1 Å². The molecule has 3 rings (SSSR count). The number of aromatic amines is 1. The van der Waals surface area contributed by atoms with Gasteiger partial charge in [0.05, 0.1) is 31.1 Å². The second-order valence-corrected chi connectivity index (χ2v) is 6.03. The Morgan fingerprint density at radius 2 is 2.29 bits per heavy atom. The number of pyridine rings is 1. The maximum Gasteiger partial charge on any atom is 0.318 e. The van der Waals surface area contributed by atoms with Crippen LogP contribution in [0, 0.1) is 13.8 Å². The second kappa shape index (κ2) is 6.90. The van der Waals surface area contributed by atoms with E-state index >= 15 is 0 Å². The fourth-order valence-corrected chi connectivity index (χ4v) is 3.30. The Morgan fingerprint density at radius 1 is 1.46 bits per heavy atom. The van der Waals surface area contributed by atoms with E-state index < -0.39 is 0 Å². The molecule has 7 heteroatoms. The van der Waals surface area contributed by atoms with Crippen LogP contribution in [-0.4, -0.2) is 39.8 Å². The van der Waals surface area contributed by atoms with Crippen LogP contribution in [0.15, 0.2) is 18.2 Å². The number of carbonyl (C=O) groups excluding carboxylic acids is 1. The molecule has 1 fully saturated rings. The third-order valence-electron chi connectivity index (χ3n) is 4.44. The molecule has 0 spiro atoms. The van der Waals surface area contributed by atoms with Gasteiger partial charge in [-0.25, -0.2) is 9.78 Å². The number of nitrogens with zero attached hydrogens (tertiary/aromatic N) is 3. The lowest BCUT2D eigenvalue weighted by atomic mass is 10.0. The van der Waals surface area contributed by atoms with Crippen molar-refractivity contribution in [1.29, 1.82) is 0 Å². The maximum absolute atomic E-state index is 12.6. The molecule has 1 aliphatic rings. The second-order valence-electron chi connectivity index (χ2n) is 6.03. The molecule has 1 atom stereocenters. The first-order valence-corrected chi connectivity index (χ1v) is 8.16. The molecule has 7 nitrogen and oxygen atoms in total. The fourth-order valence-electron chi connectivity index (χ4n) is 3.30. The number of ether oxygens (including phenoxy) is 1. The molecular formula is C17H23N5O2. The number of hydrogen-bond donors (Lipinski definition) is 2. The number of amides is 2. The molecule has 0 aliphatic carbocycles. The molecule has 128 valence electrons. The third-order valence-corrected chi connectivity index (χ3v) is 4.44. The number of H-pyrrole nitrogens is 1. The number of hydrogen-bond acceptors (Lipinski definition) is 4. The lowest BCUT2D eigenvalue weighted by molar-refractivity contribution is 0.192. The van der Waals surface area contributed by atoms with Crippen molar-refractivity contribution in [2.24, 2.45) is 0 Å². The summed E-state index contributed by atoms with van der Waals surface area (Å²) in [5.74, 6) is 0.547. The van der Waals surface area contributed by atoms with E-state index in [1.165, 1.54) is 0 Å². The average molecular weight is 329 g/mol. The van der Waals surface area contributed by atoms with Crippen LogP contribution in [0.4, 0.5) is 4.79 Å². The minimum absolute atomic E-state index is 0.0675. The van der Waals surface area contributed by atoms with E-state index in [-0.39, 0.29) is 12.1 Å². The highest BCUT2D eigenvalue weighted by molar-refractivity contribution is 5.75. The van der Waals surface area contributed by atoms with Crippen molar-refractivity contribution >= 4 is 6.03 Å². The number of carbonyl (C=O) groups is 1. The van der Waals surface area contributed by atoms with Crippen LogP contribution in [0.25, 0.3) is 0 Å². The SMILES string of the molecule is COc1cccc(CNC(=O)N2CCC[C@H]2c2c(C)n[nH]c2C)n1. The molecule has 0 radical (unpaired) electrons.